The van der Waals surface area contributed by atoms with Crippen molar-refractivity contribution in [1.29, 1.82) is 5.26 Å². The summed E-state index contributed by atoms with van der Waals surface area (Å²) in [7, 11) is 0. The summed E-state index contributed by atoms with van der Waals surface area (Å²) in [6.07, 6.45) is 5.44. The molecule has 3 nitrogen and oxygen atoms in total. The van der Waals surface area contributed by atoms with Crippen molar-refractivity contribution in [3.05, 3.63) is 68.7 Å². The van der Waals surface area contributed by atoms with E-state index >= 15 is 0 Å². The maximum Gasteiger partial charge on any atom is 0.191 e. The van der Waals surface area contributed by atoms with E-state index in [1.807, 2.05) is 24.3 Å². The van der Waals surface area contributed by atoms with Crippen LogP contribution in [0.25, 0.3) is 10.1 Å². The van der Waals surface area contributed by atoms with E-state index in [0.29, 0.717) is 23.0 Å². The van der Waals surface area contributed by atoms with Gasteiger partial charge in [0, 0.05) is 20.5 Å². The van der Waals surface area contributed by atoms with Gasteiger partial charge in [-0.3, -0.25) is 4.79 Å². The van der Waals surface area contributed by atoms with Gasteiger partial charge in [-0.2, -0.15) is 5.26 Å². The van der Waals surface area contributed by atoms with Crippen molar-refractivity contribution in [1.82, 2.24) is 0 Å². The molecule has 0 radical (unpaired) electrons. The third-order valence-electron chi connectivity index (χ3n) is 5.09. The molecule has 0 bridgehead atoms. The molecule has 29 heavy (non-hydrogen) atoms. The van der Waals surface area contributed by atoms with Gasteiger partial charge in [-0.1, -0.05) is 39.7 Å². The first kappa shape index (κ1) is 21.1. The Morgan fingerprint density at radius 1 is 1.14 bits per heavy atom. The zero-order valence-electron chi connectivity index (χ0n) is 17.3. The minimum absolute atomic E-state index is 0.182. The van der Waals surface area contributed by atoms with Gasteiger partial charge in [0.05, 0.1) is 11.6 Å². The second-order valence-corrected chi connectivity index (χ2v) is 8.59. The molecule has 1 unspecified atom stereocenters. The summed E-state index contributed by atoms with van der Waals surface area (Å²) < 4.78 is 6.88. The van der Waals surface area contributed by atoms with E-state index in [4.69, 9.17) is 10.00 Å². The third-order valence-corrected chi connectivity index (χ3v) is 6.31. The number of nitriles is 1. The summed E-state index contributed by atoms with van der Waals surface area (Å²) in [6.45, 7) is 6.47. The molecular formula is C25H27NO2S. The molecule has 1 heterocycles. The van der Waals surface area contributed by atoms with Gasteiger partial charge in [-0.15, -0.1) is 11.3 Å². The minimum atomic E-state index is 0.182. The highest BCUT2D eigenvalue weighted by atomic mass is 32.1. The first-order chi connectivity index (χ1) is 14.1. The van der Waals surface area contributed by atoms with Gasteiger partial charge in [-0.05, 0) is 61.6 Å². The Balaban J connectivity index is 0.000000755. The van der Waals surface area contributed by atoms with Crippen molar-refractivity contribution in [2.45, 2.75) is 52.9 Å². The largest absolute Gasteiger partial charge is 0.457 e. The molecule has 0 amide bonds. The van der Waals surface area contributed by atoms with Crippen LogP contribution in [0.3, 0.4) is 0 Å². The van der Waals surface area contributed by atoms with E-state index < -0.39 is 0 Å². The lowest BCUT2D eigenvalue weighted by molar-refractivity contribution is 0.448. The zero-order valence-corrected chi connectivity index (χ0v) is 18.1. The van der Waals surface area contributed by atoms with E-state index in [1.54, 1.807) is 29.5 Å². The van der Waals surface area contributed by atoms with Gasteiger partial charge < -0.3 is 4.74 Å². The number of rotatable bonds is 3. The summed E-state index contributed by atoms with van der Waals surface area (Å²) in [5.74, 6) is 1.99. The summed E-state index contributed by atoms with van der Waals surface area (Å²) in [6, 6.07) is 14.8. The van der Waals surface area contributed by atoms with Crippen LogP contribution in [0.2, 0.25) is 0 Å². The maximum absolute atomic E-state index is 12.9. The Morgan fingerprint density at radius 2 is 1.90 bits per heavy atom. The highest BCUT2D eigenvalue weighted by Crippen LogP contribution is 2.34. The van der Waals surface area contributed by atoms with Crippen molar-refractivity contribution in [2.24, 2.45) is 5.92 Å². The fourth-order valence-electron chi connectivity index (χ4n) is 3.57. The van der Waals surface area contributed by atoms with Crippen molar-refractivity contribution in [3.63, 3.8) is 0 Å². The quantitative estimate of drug-likeness (QED) is 0.478. The minimum Gasteiger partial charge on any atom is -0.457 e. The molecule has 0 aliphatic heterocycles. The van der Waals surface area contributed by atoms with Crippen LogP contribution in [0.5, 0.6) is 11.5 Å². The number of hydrogen-bond donors (Lipinski definition) is 0. The van der Waals surface area contributed by atoms with Crippen LogP contribution in [0, 0.1) is 17.2 Å². The van der Waals surface area contributed by atoms with Gasteiger partial charge in [0.1, 0.15) is 11.5 Å². The predicted molar refractivity (Wildman–Crippen MR) is 121 cm³/mol. The Labute approximate surface area is 176 Å². The number of benzene rings is 2. The van der Waals surface area contributed by atoms with Crippen LogP contribution in [0.15, 0.2) is 47.3 Å². The molecule has 1 aliphatic rings. The average molecular weight is 406 g/mol. The molecular weight excluding hydrogens is 378 g/mol. The molecule has 0 spiro atoms. The summed E-state index contributed by atoms with van der Waals surface area (Å²) in [4.78, 5) is 14.1. The molecule has 0 fully saturated rings. The van der Waals surface area contributed by atoms with Gasteiger partial charge in [0.2, 0.25) is 0 Å². The van der Waals surface area contributed by atoms with Gasteiger partial charge in [0.25, 0.3) is 0 Å². The Hall–Kier alpha value is -2.64. The fraction of sp³-hybridized carbons (Fsp3) is 0.360. The zero-order chi connectivity index (χ0) is 20.8. The van der Waals surface area contributed by atoms with Crippen LogP contribution < -0.4 is 10.2 Å². The Morgan fingerprint density at radius 3 is 2.62 bits per heavy atom. The highest BCUT2D eigenvalue weighted by Gasteiger charge is 2.21. The lowest BCUT2D eigenvalue weighted by Gasteiger charge is -2.22. The van der Waals surface area contributed by atoms with Gasteiger partial charge >= 0.3 is 0 Å². The molecule has 4 heteroatoms. The van der Waals surface area contributed by atoms with Gasteiger partial charge in [0.15, 0.2) is 5.43 Å². The predicted octanol–water partition coefficient (Wildman–Crippen LogP) is 6.86. The number of hydrogen-bond acceptors (Lipinski definition) is 4. The molecule has 0 saturated carbocycles. The SMILES string of the molecule is CCC.CCC1CCc2c(sc3cc(Oc4cccc(C#N)c4)ccc3c2=O)C1. The monoisotopic (exact) mass is 405 g/mol. The topological polar surface area (TPSA) is 50.1 Å². The smallest absolute Gasteiger partial charge is 0.191 e. The van der Waals surface area contributed by atoms with E-state index in [9.17, 15) is 4.79 Å². The van der Waals surface area contributed by atoms with Crippen LogP contribution in [0.1, 0.15) is 56.0 Å². The van der Waals surface area contributed by atoms with Crippen molar-refractivity contribution in [2.75, 3.05) is 0 Å². The molecule has 1 aliphatic carbocycles. The molecule has 3 aromatic rings. The summed E-state index contributed by atoms with van der Waals surface area (Å²) in [5.41, 5.74) is 1.76. The van der Waals surface area contributed by atoms with E-state index in [1.165, 1.54) is 11.3 Å². The molecule has 4 rings (SSSR count). The molecule has 0 N–H and O–H groups in total. The van der Waals surface area contributed by atoms with Crippen molar-refractivity contribution >= 4 is 21.4 Å². The maximum atomic E-state index is 12.9. The van der Waals surface area contributed by atoms with Crippen LogP contribution in [-0.4, -0.2) is 0 Å². The standard InChI is InChI=1S/C22H19NO2S.C3H8/c1-2-14-6-8-18-20(11-14)26-21-12-17(7-9-19(21)22(18)24)25-16-5-3-4-15(10-16)13-23;1-3-2/h3-5,7,9-10,12,14H,2,6,8,11H2,1H3;3H2,1-2H3. The summed E-state index contributed by atoms with van der Waals surface area (Å²) >= 11 is 1.72. The first-order valence-electron chi connectivity index (χ1n) is 10.4. The molecule has 0 saturated heterocycles. The van der Waals surface area contributed by atoms with Crippen molar-refractivity contribution in [3.8, 4) is 17.6 Å². The van der Waals surface area contributed by atoms with Crippen LogP contribution in [0.4, 0.5) is 0 Å². The average Bonchev–Trinajstić information content (AvgIpc) is 2.74. The number of ether oxygens (including phenoxy) is 1. The lowest BCUT2D eigenvalue weighted by Crippen LogP contribution is -2.20. The van der Waals surface area contributed by atoms with E-state index in [0.717, 1.165) is 41.3 Å². The lowest BCUT2D eigenvalue weighted by atomic mass is 9.87. The molecule has 1 aromatic heterocycles. The number of nitrogens with zero attached hydrogens (tertiary/aromatic N) is 1. The summed E-state index contributed by atoms with van der Waals surface area (Å²) in [5, 5.41) is 9.80. The highest BCUT2D eigenvalue weighted by molar-refractivity contribution is 7.18. The third kappa shape index (κ3) is 4.86. The molecule has 1 atom stereocenters. The Kier molecular flexibility index (Phi) is 7.06. The second kappa shape index (κ2) is 9.71. The Bertz CT molecular complexity index is 1090. The van der Waals surface area contributed by atoms with E-state index in [2.05, 4.69) is 26.8 Å². The fourth-order valence-corrected chi connectivity index (χ4v) is 4.91. The normalized spacial score (nSPS) is 15.0. The molecule has 150 valence electrons. The first-order valence-corrected chi connectivity index (χ1v) is 11.2. The second-order valence-electron chi connectivity index (χ2n) is 7.46. The number of fused-ring (bicyclic) bond motifs is 2. The molecule has 2 aromatic carbocycles. The van der Waals surface area contributed by atoms with Crippen molar-refractivity contribution < 1.29 is 4.74 Å². The van der Waals surface area contributed by atoms with E-state index in [-0.39, 0.29) is 5.43 Å². The van der Waals surface area contributed by atoms with Gasteiger partial charge in [-0.25, -0.2) is 0 Å². The van der Waals surface area contributed by atoms with Crippen LogP contribution >= 0.6 is 11.3 Å². The van der Waals surface area contributed by atoms with Crippen LogP contribution in [-0.2, 0) is 12.8 Å².